The summed E-state index contributed by atoms with van der Waals surface area (Å²) in [5.74, 6) is 2.43. The van der Waals surface area contributed by atoms with Gasteiger partial charge in [-0.3, -0.25) is 4.39 Å². The van der Waals surface area contributed by atoms with Gasteiger partial charge < -0.3 is 0 Å². The average Bonchev–Trinajstić information content (AvgIpc) is 2.87. The summed E-state index contributed by atoms with van der Waals surface area (Å²) in [4.78, 5) is 0. The molecule has 0 fully saturated rings. The summed E-state index contributed by atoms with van der Waals surface area (Å²) in [6.07, 6.45) is 8.89. The molecule has 3 nitrogen and oxygen atoms in total. The van der Waals surface area contributed by atoms with Crippen LogP contribution in [0.3, 0.4) is 0 Å². The molecule has 0 spiro atoms. The Hall–Kier alpha value is -1.44. The second kappa shape index (κ2) is 15.6. The normalized spacial score (nSPS) is 8.44. The second-order valence-corrected chi connectivity index (χ2v) is 3.26. The van der Waals surface area contributed by atoms with E-state index in [-0.39, 0.29) is 13.3 Å². The first kappa shape index (κ1) is 18.9. The first-order valence-corrected chi connectivity index (χ1v) is 6.14. The SMILES string of the molecule is C#CCC.CCCF.CCc1cn(CCF)nn1. The van der Waals surface area contributed by atoms with E-state index in [1.165, 1.54) is 4.68 Å². The lowest BCUT2D eigenvalue weighted by atomic mass is 10.4. The van der Waals surface area contributed by atoms with Gasteiger partial charge in [0.2, 0.25) is 0 Å². The Balaban J connectivity index is 0. The molecule has 0 amide bonds. The molecule has 0 unspecified atom stereocenters. The molecule has 0 atom stereocenters. The third-order valence-corrected chi connectivity index (χ3v) is 1.66. The van der Waals surface area contributed by atoms with Gasteiger partial charge in [-0.2, -0.15) is 0 Å². The van der Waals surface area contributed by atoms with E-state index < -0.39 is 0 Å². The van der Waals surface area contributed by atoms with Crippen LogP contribution < -0.4 is 0 Å². The number of aryl methyl sites for hydroxylation is 2. The largest absolute Gasteiger partial charge is 0.251 e. The second-order valence-electron chi connectivity index (χ2n) is 3.26. The fourth-order valence-corrected chi connectivity index (χ4v) is 0.696. The summed E-state index contributed by atoms with van der Waals surface area (Å²) >= 11 is 0. The van der Waals surface area contributed by atoms with E-state index in [2.05, 4.69) is 16.2 Å². The first-order chi connectivity index (χ1) is 8.69. The van der Waals surface area contributed by atoms with Gasteiger partial charge in [0, 0.05) is 12.6 Å². The zero-order valence-corrected chi connectivity index (χ0v) is 11.5. The predicted octanol–water partition coefficient (Wildman–Crippen LogP) is 3.21. The van der Waals surface area contributed by atoms with Crippen LogP contribution in [0.15, 0.2) is 6.20 Å². The number of alkyl halides is 2. The Morgan fingerprint density at radius 3 is 2.11 bits per heavy atom. The molecule has 0 aliphatic rings. The predicted molar refractivity (Wildman–Crippen MR) is 70.8 cm³/mol. The standard InChI is InChI=1S/C6H10FN3.C4H6.C3H7F/c1-2-6-5-10(4-3-7)9-8-6;1-3-4-2;1-2-3-4/h5H,2-4H2,1H3;1H,4H2,2H3;2-3H2,1H3. The minimum absolute atomic E-state index is 0.181. The van der Waals surface area contributed by atoms with Crippen molar-refractivity contribution in [2.75, 3.05) is 13.3 Å². The fraction of sp³-hybridized carbons (Fsp3) is 0.692. The van der Waals surface area contributed by atoms with Crippen LogP contribution in [0, 0.1) is 12.3 Å². The van der Waals surface area contributed by atoms with Crippen LogP contribution in [0.2, 0.25) is 0 Å². The summed E-state index contributed by atoms with van der Waals surface area (Å²) in [6, 6.07) is 0. The van der Waals surface area contributed by atoms with Crippen LogP contribution in [0.4, 0.5) is 8.78 Å². The zero-order chi connectivity index (χ0) is 14.2. The molecule has 0 saturated carbocycles. The molecular weight excluding hydrogens is 236 g/mol. The maximum Gasteiger partial charge on any atom is 0.109 e. The van der Waals surface area contributed by atoms with Gasteiger partial charge in [-0.25, -0.2) is 9.07 Å². The van der Waals surface area contributed by atoms with Crippen molar-refractivity contribution in [3.05, 3.63) is 11.9 Å². The minimum atomic E-state index is -0.382. The summed E-state index contributed by atoms with van der Waals surface area (Å²) in [5.41, 5.74) is 0.911. The van der Waals surface area contributed by atoms with E-state index in [1.54, 1.807) is 13.1 Å². The topological polar surface area (TPSA) is 30.7 Å². The van der Waals surface area contributed by atoms with Crippen LogP contribution >= 0.6 is 0 Å². The molecule has 0 bridgehead atoms. The number of terminal acetylenes is 1. The zero-order valence-electron chi connectivity index (χ0n) is 11.5. The molecule has 0 radical (unpaired) electrons. The number of nitrogens with zero attached hydrogens (tertiary/aromatic N) is 3. The molecule has 0 aliphatic heterocycles. The number of hydrogen-bond donors (Lipinski definition) is 0. The highest BCUT2D eigenvalue weighted by Crippen LogP contribution is 1.92. The number of hydrogen-bond acceptors (Lipinski definition) is 2. The highest BCUT2D eigenvalue weighted by Gasteiger charge is 1.95. The Labute approximate surface area is 109 Å². The molecule has 1 heterocycles. The number of rotatable bonds is 4. The minimum Gasteiger partial charge on any atom is -0.251 e. The van der Waals surface area contributed by atoms with E-state index in [4.69, 9.17) is 6.42 Å². The Morgan fingerprint density at radius 1 is 1.28 bits per heavy atom. The molecule has 0 aromatic carbocycles. The monoisotopic (exact) mass is 259 g/mol. The van der Waals surface area contributed by atoms with E-state index in [0.29, 0.717) is 13.0 Å². The highest BCUT2D eigenvalue weighted by atomic mass is 19.1. The third kappa shape index (κ3) is 12.6. The molecule has 1 aromatic heterocycles. The molecule has 5 heteroatoms. The van der Waals surface area contributed by atoms with Crippen molar-refractivity contribution in [2.45, 2.75) is 46.6 Å². The van der Waals surface area contributed by atoms with Crippen molar-refractivity contribution < 1.29 is 8.78 Å². The molecule has 104 valence electrons. The van der Waals surface area contributed by atoms with E-state index in [1.807, 2.05) is 13.8 Å². The molecule has 1 rings (SSSR count). The number of halogens is 2. The maximum absolute atomic E-state index is 11.7. The Morgan fingerprint density at radius 2 is 1.83 bits per heavy atom. The average molecular weight is 259 g/mol. The van der Waals surface area contributed by atoms with E-state index >= 15 is 0 Å². The summed E-state index contributed by atoms with van der Waals surface area (Å²) in [6.45, 7) is 5.49. The van der Waals surface area contributed by atoms with Crippen molar-refractivity contribution in [1.82, 2.24) is 15.0 Å². The summed E-state index contributed by atoms with van der Waals surface area (Å²) in [7, 11) is 0. The quantitative estimate of drug-likeness (QED) is 0.777. The molecule has 0 N–H and O–H groups in total. The van der Waals surface area contributed by atoms with Gasteiger partial charge in [0.25, 0.3) is 0 Å². The van der Waals surface area contributed by atoms with Crippen molar-refractivity contribution in [1.29, 1.82) is 0 Å². The van der Waals surface area contributed by atoms with Gasteiger partial charge in [-0.15, -0.1) is 17.4 Å². The van der Waals surface area contributed by atoms with Crippen LogP contribution in [0.25, 0.3) is 0 Å². The smallest absolute Gasteiger partial charge is 0.109 e. The molecule has 0 saturated heterocycles. The molecule has 18 heavy (non-hydrogen) atoms. The van der Waals surface area contributed by atoms with Gasteiger partial charge in [0.15, 0.2) is 0 Å². The Kier molecular flexibility index (Phi) is 16.3. The number of aromatic nitrogens is 3. The van der Waals surface area contributed by atoms with Gasteiger partial charge in [-0.05, 0) is 12.8 Å². The third-order valence-electron chi connectivity index (χ3n) is 1.66. The van der Waals surface area contributed by atoms with Crippen LogP contribution in [0.1, 0.15) is 39.3 Å². The van der Waals surface area contributed by atoms with E-state index in [9.17, 15) is 8.78 Å². The maximum atomic E-state index is 11.7. The van der Waals surface area contributed by atoms with Gasteiger partial charge in [0.05, 0.1) is 18.9 Å². The summed E-state index contributed by atoms with van der Waals surface area (Å²) < 4.78 is 23.9. The fourth-order valence-electron chi connectivity index (χ4n) is 0.696. The lowest BCUT2D eigenvalue weighted by Crippen LogP contribution is -1.99. The van der Waals surface area contributed by atoms with Crippen LogP contribution in [-0.4, -0.2) is 28.3 Å². The van der Waals surface area contributed by atoms with Crippen molar-refractivity contribution in [2.24, 2.45) is 0 Å². The van der Waals surface area contributed by atoms with Crippen molar-refractivity contribution >= 4 is 0 Å². The van der Waals surface area contributed by atoms with Gasteiger partial charge in [0.1, 0.15) is 6.67 Å². The molecule has 1 aromatic rings. The molecular formula is C13H23F2N3. The Bertz CT molecular complexity index is 303. The van der Waals surface area contributed by atoms with Gasteiger partial charge in [-0.1, -0.05) is 26.0 Å². The first-order valence-electron chi connectivity index (χ1n) is 6.14. The lowest BCUT2D eigenvalue weighted by molar-refractivity contribution is 0.422. The molecule has 0 aliphatic carbocycles. The van der Waals surface area contributed by atoms with Crippen LogP contribution in [0.5, 0.6) is 0 Å². The highest BCUT2D eigenvalue weighted by molar-refractivity contribution is 4.90. The van der Waals surface area contributed by atoms with Crippen molar-refractivity contribution in [3.8, 4) is 12.3 Å². The lowest BCUT2D eigenvalue weighted by Gasteiger charge is -1.89. The van der Waals surface area contributed by atoms with Crippen LogP contribution in [-0.2, 0) is 13.0 Å². The van der Waals surface area contributed by atoms with Crippen molar-refractivity contribution in [3.63, 3.8) is 0 Å². The van der Waals surface area contributed by atoms with Gasteiger partial charge >= 0.3 is 0 Å². The summed E-state index contributed by atoms with van der Waals surface area (Å²) in [5, 5.41) is 7.50. The van der Waals surface area contributed by atoms with E-state index in [0.717, 1.165) is 18.5 Å².